The molecular formula is C19H32IN5O2. The van der Waals surface area contributed by atoms with Crippen LogP contribution in [-0.2, 0) is 11.2 Å². The molecule has 1 saturated heterocycles. The second-order valence-corrected chi connectivity index (χ2v) is 7.56. The van der Waals surface area contributed by atoms with E-state index in [-0.39, 0.29) is 36.4 Å². The van der Waals surface area contributed by atoms with Gasteiger partial charge in [-0.3, -0.25) is 9.69 Å². The highest BCUT2D eigenvalue weighted by Gasteiger charge is 2.38. The smallest absolute Gasteiger partial charge is 0.243 e. The predicted octanol–water partition coefficient (Wildman–Crippen LogP) is 1.69. The number of furan rings is 1. The van der Waals surface area contributed by atoms with Crippen LogP contribution in [0, 0.1) is 0 Å². The standard InChI is InChI=1S/C19H31N5O2.HI/c1-14-11-15(13-24(14)16-6-7-16)22-19(21-12-18(25)23(2)3)20-9-8-17-5-4-10-26-17;/h4-5,10,14-16H,6-9,11-13H2,1-3H3,(H2,20,21,22);1H. The Morgan fingerprint density at radius 1 is 1.41 bits per heavy atom. The molecule has 0 bridgehead atoms. The molecule has 7 nitrogen and oxygen atoms in total. The highest BCUT2D eigenvalue weighted by atomic mass is 127. The number of rotatable bonds is 7. The number of carbonyl (C=O) groups is 1. The first kappa shape index (κ1) is 22.0. The normalized spacial score (nSPS) is 23.0. The van der Waals surface area contributed by atoms with E-state index in [1.807, 2.05) is 12.1 Å². The van der Waals surface area contributed by atoms with Gasteiger partial charge in [-0.1, -0.05) is 0 Å². The Hall–Kier alpha value is -1.29. The summed E-state index contributed by atoms with van der Waals surface area (Å²) in [7, 11) is 3.50. The van der Waals surface area contributed by atoms with Crippen molar-refractivity contribution >= 4 is 35.8 Å². The molecule has 2 heterocycles. The van der Waals surface area contributed by atoms with Crippen molar-refractivity contribution in [2.24, 2.45) is 4.99 Å². The third kappa shape index (κ3) is 6.67. The van der Waals surface area contributed by atoms with Crippen LogP contribution in [0.15, 0.2) is 27.8 Å². The Kier molecular flexibility index (Phi) is 8.40. The van der Waals surface area contributed by atoms with Gasteiger partial charge in [0.2, 0.25) is 5.91 Å². The number of amides is 1. The first-order valence-electron chi connectivity index (χ1n) is 9.56. The molecule has 2 N–H and O–H groups in total. The van der Waals surface area contributed by atoms with Crippen molar-refractivity contribution in [2.45, 2.75) is 50.7 Å². The van der Waals surface area contributed by atoms with Crippen LogP contribution in [0.25, 0.3) is 0 Å². The maximum Gasteiger partial charge on any atom is 0.243 e. The van der Waals surface area contributed by atoms with E-state index in [0.29, 0.717) is 24.6 Å². The van der Waals surface area contributed by atoms with Crippen LogP contribution in [0.1, 0.15) is 31.9 Å². The number of aliphatic imine (C=N–C) groups is 1. The number of guanidine groups is 1. The van der Waals surface area contributed by atoms with Crippen molar-refractivity contribution in [3.63, 3.8) is 0 Å². The number of likely N-dealkylation sites (tertiary alicyclic amines) is 1. The highest BCUT2D eigenvalue weighted by Crippen LogP contribution is 2.33. The van der Waals surface area contributed by atoms with E-state index in [0.717, 1.165) is 31.2 Å². The lowest BCUT2D eigenvalue weighted by Crippen LogP contribution is -2.45. The average molecular weight is 489 g/mol. The minimum Gasteiger partial charge on any atom is -0.469 e. The van der Waals surface area contributed by atoms with Crippen molar-refractivity contribution in [1.82, 2.24) is 20.4 Å². The molecule has 1 aliphatic carbocycles. The molecule has 2 aliphatic rings. The van der Waals surface area contributed by atoms with Gasteiger partial charge in [-0.15, -0.1) is 24.0 Å². The minimum atomic E-state index is -0.00321. The summed E-state index contributed by atoms with van der Waals surface area (Å²) in [5.41, 5.74) is 0. The van der Waals surface area contributed by atoms with Crippen LogP contribution in [0.3, 0.4) is 0 Å². The molecule has 2 atom stereocenters. The van der Waals surface area contributed by atoms with Crippen LogP contribution in [-0.4, -0.2) is 73.5 Å². The number of likely N-dealkylation sites (N-methyl/N-ethyl adjacent to an activating group) is 1. The van der Waals surface area contributed by atoms with Crippen molar-refractivity contribution in [3.8, 4) is 0 Å². The van der Waals surface area contributed by atoms with Gasteiger partial charge in [0.15, 0.2) is 5.96 Å². The van der Waals surface area contributed by atoms with Crippen molar-refractivity contribution in [1.29, 1.82) is 0 Å². The Bertz CT molecular complexity index is 616. The van der Waals surface area contributed by atoms with Crippen molar-refractivity contribution in [2.75, 3.05) is 33.7 Å². The minimum absolute atomic E-state index is 0. The van der Waals surface area contributed by atoms with Crippen molar-refractivity contribution in [3.05, 3.63) is 24.2 Å². The van der Waals surface area contributed by atoms with Gasteiger partial charge in [0.25, 0.3) is 0 Å². The van der Waals surface area contributed by atoms with Gasteiger partial charge in [0, 0.05) is 51.7 Å². The number of halogens is 1. The summed E-state index contributed by atoms with van der Waals surface area (Å²) in [4.78, 5) is 20.5. The molecular weight excluding hydrogens is 457 g/mol. The average Bonchev–Trinajstić information content (AvgIpc) is 3.19. The summed E-state index contributed by atoms with van der Waals surface area (Å²) in [6.45, 7) is 4.21. The Balaban J connectivity index is 0.00000261. The number of carbonyl (C=O) groups excluding carboxylic acids is 1. The second kappa shape index (κ2) is 10.3. The Labute approximate surface area is 179 Å². The summed E-state index contributed by atoms with van der Waals surface area (Å²) < 4.78 is 5.37. The zero-order chi connectivity index (χ0) is 18.5. The summed E-state index contributed by atoms with van der Waals surface area (Å²) in [6.07, 6.45) is 6.24. The summed E-state index contributed by atoms with van der Waals surface area (Å²) in [5.74, 6) is 1.65. The molecule has 1 aliphatic heterocycles. The van der Waals surface area contributed by atoms with Crippen LogP contribution in [0.5, 0.6) is 0 Å². The van der Waals surface area contributed by atoms with Crippen LogP contribution in [0.4, 0.5) is 0 Å². The molecule has 1 aromatic rings. The molecule has 0 spiro atoms. The number of hydrogen-bond donors (Lipinski definition) is 2. The van der Waals surface area contributed by atoms with Crippen molar-refractivity contribution < 1.29 is 9.21 Å². The fraction of sp³-hybridized carbons (Fsp3) is 0.684. The van der Waals surface area contributed by atoms with E-state index < -0.39 is 0 Å². The van der Waals surface area contributed by atoms with E-state index in [4.69, 9.17) is 4.42 Å². The molecule has 27 heavy (non-hydrogen) atoms. The van der Waals surface area contributed by atoms with E-state index in [1.54, 1.807) is 25.3 Å². The summed E-state index contributed by atoms with van der Waals surface area (Å²) in [6, 6.07) is 5.61. The van der Waals surface area contributed by atoms with E-state index in [2.05, 4.69) is 27.4 Å². The zero-order valence-corrected chi connectivity index (χ0v) is 18.8. The Morgan fingerprint density at radius 3 is 2.81 bits per heavy atom. The highest BCUT2D eigenvalue weighted by molar-refractivity contribution is 14.0. The topological polar surface area (TPSA) is 73.1 Å². The lowest BCUT2D eigenvalue weighted by molar-refractivity contribution is -0.127. The van der Waals surface area contributed by atoms with Crippen LogP contribution in [0.2, 0.25) is 0 Å². The molecule has 3 rings (SSSR count). The summed E-state index contributed by atoms with van der Waals surface area (Å²) in [5, 5.41) is 6.87. The SMILES string of the molecule is CC1CC(NC(=NCC(=O)N(C)C)NCCc2ccco2)CN1C1CC1.I. The second-order valence-electron chi connectivity index (χ2n) is 7.56. The molecule has 0 radical (unpaired) electrons. The lowest BCUT2D eigenvalue weighted by Gasteiger charge is -2.20. The number of nitrogens with zero attached hydrogens (tertiary/aromatic N) is 3. The van der Waals surface area contributed by atoms with E-state index in [1.165, 1.54) is 12.8 Å². The third-order valence-electron chi connectivity index (χ3n) is 5.09. The number of nitrogens with one attached hydrogen (secondary N) is 2. The largest absolute Gasteiger partial charge is 0.469 e. The van der Waals surface area contributed by atoms with Gasteiger partial charge in [0.05, 0.1) is 6.26 Å². The van der Waals surface area contributed by atoms with Gasteiger partial charge < -0.3 is 20.0 Å². The molecule has 1 aromatic heterocycles. The van der Waals surface area contributed by atoms with Crippen LogP contribution < -0.4 is 10.6 Å². The number of hydrogen-bond acceptors (Lipinski definition) is 4. The maximum atomic E-state index is 11.9. The fourth-order valence-electron chi connectivity index (χ4n) is 3.47. The predicted molar refractivity (Wildman–Crippen MR) is 118 cm³/mol. The fourth-order valence-corrected chi connectivity index (χ4v) is 3.47. The summed E-state index contributed by atoms with van der Waals surface area (Å²) >= 11 is 0. The third-order valence-corrected chi connectivity index (χ3v) is 5.09. The molecule has 1 amide bonds. The van der Waals surface area contributed by atoms with E-state index in [9.17, 15) is 4.79 Å². The first-order valence-corrected chi connectivity index (χ1v) is 9.56. The van der Waals surface area contributed by atoms with Gasteiger partial charge in [-0.25, -0.2) is 4.99 Å². The maximum absolute atomic E-state index is 11.9. The molecule has 8 heteroatoms. The monoisotopic (exact) mass is 489 g/mol. The van der Waals surface area contributed by atoms with Gasteiger partial charge >= 0.3 is 0 Å². The quantitative estimate of drug-likeness (QED) is 0.347. The van der Waals surface area contributed by atoms with Gasteiger partial charge in [0.1, 0.15) is 12.3 Å². The first-order chi connectivity index (χ1) is 12.5. The van der Waals surface area contributed by atoms with Gasteiger partial charge in [-0.05, 0) is 38.3 Å². The van der Waals surface area contributed by atoms with Gasteiger partial charge in [-0.2, -0.15) is 0 Å². The molecule has 2 unspecified atom stereocenters. The molecule has 1 saturated carbocycles. The Morgan fingerprint density at radius 2 is 2.19 bits per heavy atom. The van der Waals surface area contributed by atoms with Crippen LogP contribution >= 0.6 is 24.0 Å². The zero-order valence-electron chi connectivity index (χ0n) is 16.5. The molecule has 2 fully saturated rings. The lowest BCUT2D eigenvalue weighted by atomic mass is 10.2. The van der Waals surface area contributed by atoms with E-state index >= 15 is 0 Å². The molecule has 0 aromatic carbocycles. The molecule has 152 valence electrons.